The van der Waals surface area contributed by atoms with Crippen LogP contribution in [-0.2, 0) is 24.6 Å². The number of hydrogen-bond donors (Lipinski definition) is 2. The molecule has 2 saturated heterocycles. The van der Waals surface area contributed by atoms with Gasteiger partial charge >= 0.3 is 11.4 Å². The zero-order chi connectivity index (χ0) is 45.2. The van der Waals surface area contributed by atoms with Crippen molar-refractivity contribution in [3.63, 3.8) is 0 Å². The topological polar surface area (TPSA) is 215 Å². The van der Waals surface area contributed by atoms with Gasteiger partial charge in [0.05, 0.1) is 58.6 Å². The van der Waals surface area contributed by atoms with Crippen molar-refractivity contribution >= 4 is 69.7 Å². The lowest BCUT2D eigenvalue weighted by molar-refractivity contribution is -0.392. The number of ether oxygens (including phenoxy) is 2. The largest absolute Gasteiger partial charge is 0.502 e. The molecule has 63 heavy (non-hydrogen) atoms. The number of phenols is 1. The molecule has 6 unspecified atom stereocenters. The summed E-state index contributed by atoms with van der Waals surface area (Å²) < 4.78 is 24.8. The minimum atomic E-state index is -1.71. The van der Waals surface area contributed by atoms with Gasteiger partial charge in [-0.25, -0.2) is 9.29 Å². The molecule has 19 heteroatoms. The summed E-state index contributed by atoms with van der Waals surface area (Å²) >= 11 is 6.37. The van der Waals surface area contributed by atoms with Crippen LogP contribution in [0.4, 0.5) is 32.8 Å². The average molecular weight is 881 g/mol. The van der Waals surface area contributed by atoms with Gasteiger partial charge in [-0.1, -0.05) is 47.5 Å². The second kappa shape index (κ2) is 15.8. The number of phenolic OH excluding ortho intramolecular Hbond substituents is 1. The van der Waals surface area contributed by atoms with Crippen LogP contribution in [0.3, 0.4) is 0 Å². The third kappa shape index (κ3) is 6.68. The lowest BCUT2D eigenvalue weighted by Crippen LogP contribution is -2.54. The number of carbonyl (C=O) groups is 4. The SMILES string of the molecule is COc1cc(C=CC2C3=CCC4C(=O)N(c5cc([N+](=O)[O-])c(N(C)C)c([N+](=O)[O-])c5)C(=O)C4C3CC3C(=O)N(Nc4ccc(F)cc4)C(=O)C23c2ccc(Cl)cc2)cc(OC)c1O. The Morgan fingerprint density at radius 1 is 0.889 bits per heavy atom. The van der Waals surface area contributed by atoms with E-state index in [1.807, 2.05) is 0 Å². The number of benzene rings is 4. The maximum absolute atomic E-state index is 15.4. The first kappa shape index (κ1) is 42.4. The highest BCUT2D eigenvalue weighted by atomic mass is 35.5. The minimum absolute atomic E-state index is 0.0240. The molecule has 4 aromatic carbocycles. The Morgan fingerprint density at radius 2 is 1.49 bits per heavy atom. The Hall–Kier alpha value is -7.34. The van der Waals surface area contributed by atoms with Crippen LogP contribution in [0.25, 0.3) is 6.08 Å². The van der Waals surface area contributed by atoms with E-state index < -0.39 is 85.7 Å². The van der Waals surface area contributed by atoms with E-state index in [0.29, 0.717) is 21.7 Å². The molecule has 4 aromatic rings. The van der Waals surface area contributed by atoms with E-state index in [0.717, 1.165) is 34.2 Å². The monoisotopic (exact) mass is 880 g/mol. The summed E-state index contributed by atoms with van der Waals surface area (Å²) in [6, 6.07) is 16.5. The molecule has 3 fully saturated rings. The number of allylic oxidation sites excluding steroid dienone is 3. The zero-order valence-electron chi connectivity index (χ0n) is 34.0. The molecule has 2 heterocycles. The van der Waals surface area contributed by atoms with E-state index in [1.54, 1.807) is 42.5 Å². The number of nitrogens with one attached hydrogen (secondary N) is 1. The number of nitro benzene ring substituents is 2. The van der Waals surface area contributed by atoms with Crippen molar-refractivity contribution in [1.82, 2.24) is 5.01 Å². The molecule has 4 aliphatic rings. The highest BCUT2D eigenvalue weighted by molar-refractivity contribution is 6.30. The van der Waals surface area contributed by atoms with Crippen LogP contribution in [-0.4, -0.2) is 71.9 Å². The molecule has 2 aliphatic heterocycles. The van der Waals surface area contributed by atoms with E-state index in [-0.39, 0.29) is 47.2 Å². The molecule has 2 N–H and O–H groups in total. The number of carbonyl (C=O) groups excluding carboxylic acids is 4. The summed E-state index contributed by atoms with van der Waals surface area (Å²) in [6.07, 6.45) is 4.99. The maximum Gasteiger partial charge on any atom is 0.301 e. The molecule has 4 amide bonds. The quantitative estimate of drug-likeness (QED) is 0.0686. The molecule has 0 bridgehead atoms. The van der Waals surface area contributed by atoms with Crippen LogP contribution in [0.1, 0.15) is 24.0 Å². The van der Waals surface area contributed by atoms with Crippen molar-refractivity contribution in [3.8, 4) is 17.2 Å². The number of nitrogens with zero attached hydrogens (tertiary/aromatic N) is 5. The van der Waals surface area contributed by atoms with Gasteiger partial charge in [-0.15, -0.1) is 0 Å². The molecule has 324 valence electrons. The van der Waals surface area contributed by atoms with Crippen molar-refractivity contribution in [3.05, 3.63) is 133 Å². The van der Waals surface area contributed by atoms with Crippen molar-refractivity contribution < 1.29 is 48.0 Å². The molecule has 8 rings (SSSR count). The molecule has 0 aromatic heterocycles. The maximum atomic E-state index is 15.4. The third-order valence-corrected chi connectivity index (χ3v) is 12.7. The summed E-state index contributed by atoms with van der Waals surface area (Å²) in [7, 11) is 5.50. The van der Waals surface area contributed by atoms with E-state index in [2.05, 4.69) is 5.43 Å². The fourth-order valence-electron chi connectivity index (χ4n) is 9.83. The molecule has 6 atom stereocenters. The number of anilines is 3. The number of aromatic hydroxyl groups is 1. The summed E-state index contributed by atoms with van der Waals surface area (Å²) in [4.78, 5) is 84.3. The van der Waals surface area contributed by atoms with Crippen LogP contribution in [0.2, 0.25) is 5.02 Å². The van der Waals surface area contributed by atoms with Crippen molar-refractivity contribution in [2.45, 2.75) is 18.3 Å². The molecular formula is C44H38ClFN6O11. The van der Waals surface area contributed by atoms with Gasteiger partial charge in [0, 0.05) is 37.2 Å². The molecule has 2 aliphatic carbocycles. The van der Waals surface area contributed by atoms with E-state index in [9.17, 15) is 44.1 Å². The first-order valence-corrected chi connectivity index (χ1v) is 19.9. The number of halogens is 2. The van der Waals surface area contributed by atoms with Gasteiger partial charge in [0.25, 0.3) is 11.8 Å². The third-order valence-electron chi connectivity index (χ3n) is 12.5. The number of imide groups is 2. The number of methoxy groups -OCH3 is 2. The van der Waals surface area contributed by atoms with Crippen molar-refractivity contribution in [2.75, 3.05) is 43.5 Å². The highest BCUT2D eigenvalue weighted by Gasteiger charge is 2.69. The average Bonchev–Trinajstić information content (AvgIpc) is 3.64. The molecular weight excluding hydrogens is 843 g/mol. The number of rotatable bonds is 11. The fourth-order valence-corrected chi connectivity index (χ4v) is 9.95. The Kier molecular flexibility index (Phi) is 10.7. The van der Waals surface area contributed by atoms with E-state index in [4.69, 9.17) is 21.1 Å². The molecule has 0 spiro atoms. The number of fused-ring (bicyclic) bond motifs is 4. The van der Waals surface area contributed by atoms with Gasteiger partial charge in [-0.05, 0) is 78.4 Å². The highest BCUT2D eigenvalue weighted by Crippen LogP contribution is 2.62. The normalized spacial score (nSPS) is 23.9. The first-order chi connectivity index (χ1) is 30.0. The smallest absolute Gasteiger partial charge is 0.301 e. The van der Waals surface area contributed by atoms with Gasteiger partial charge in [-0.2, -0.15) is 5.01 Å². The van der Waals surface area contributed by atoms with Crippen molar-refractivity contribution in [1.29, 1.82) is 0 Å². The van der Waals surface area contributed by atoms with E-state index in [1.165, 1.54) is 57.5 Å². The lowest BCUT2D eigenvalue weighted by Gasteiger charge is -2.49. The predicted octanol–water partition coefficient (Wildman–Crippen LogP) is 6.82. The Morgan fingerprint density at radius 3 is 2.05 bits per heavy atom. The van der Waals surface area contributed by atoms with Gasteiger partial charge < -0.3 is 19.5 Å². The Labute approximate surface area is 363 Å². The fraction of sp³-hybridized carbons (Fsp3) is 0.273. The predicted molar refractivity (Wildman–Crippen MR) is 227 cm³/mol. The van der Waals surface area contributed by atoms with Crippen LogP contribution in [0, 0.1) is 55.6 Å². The molecule has 1 saturated carbocycles. The number of hydrogen-bond acceptors (Lipinski definition) is 13. The van der Waals surface area contributed by atoms with Gasteiger partial charge in [0.15, 0.2) is 17.2 Å². The second-order valence-electron chi connectivity index (χ2n) is 15.8. The first-order valence-electron chi connectivity index (χ1n) is 19.5. The zero-order valence-corrected chi connectivity index (χ0v) is 34.7. The second-order valence-corrected chi connectivity index (χ2v) is 16.2. The van der Waals surface area contributed by atoms with Gasteiger partial charge in [-0.3, -0.25) is 44.8 Å². The molecule has 0 radical (unpaired) electrons. The van der Waals surface area contributed by atoms with E-state index >= 15 is 4.79 Å². The summed E-state index contributed by atoms with van der Waals surface area (Å²) in [5.74, 6) is -8.77. The Bertz CT molecular complexity index is 2630. The van der Waals surface area contributed by atoms with Crippen LogP contribution in [0.5, 0.6) is 17.2 Å². The summed E-state index contributed by atoms with van der Waals surface area (Å²) in [5, 5.41) is 36.5. The molecule has 17 nitrogen and oxygen atoms in total. The number of hydrazine groups is 1. The summed E-state index contributed by atoms with van der Waals surface area (Å²) in [6.45, 7) is 0. The standard InChI is InChI=1S/C44H38ClFN6O11/c1-48(2)38-33(51(58)59)19-27(20-34(38)52(60)61)49-40(54)29-15-14-28-30(37(29)42(49)56)21-32-41(55)50(47-26-12-10-25(46)11-13-26)43(57)44(32,23-6-8-24(45)9-7-23)31(28)16-5-22-17-35(62-3)39(53)36(18-22)63-4/h5-14,16-20,29-32,37,47,53H,15,21H2,1-4H3. The van der Waals surface area contributed by atoms with Crippen LogP contribution < -0.4 is 24.7 Å². The van der Waals surface area contributed by atoms with Crippen LogP contribution in [0.15, 0.2) is 90.5 Å². The van der Waals surface area contributed by atoms with Gasteiger partial charge in [0.2, 0.25) is 17.6 Å². The minimum Gasteiger partial charge on any atom is -0.502 e. The number of nitro groups is 2. The summed E-state index contributed by atoms with van der Waals surface area (Å²) in [5.41, 5.74) is 0.725. The number of amides is 4. The van der Waals surface area contributed by atoms with Crippen LogP contribution >= 0.6 is 11.6 Å². The van der Waals surface area contributed by atoms with Gasteiger partial charge in [0.1, 0.15) is 5.82 Å². The Balaban J connectivity index is 1.31. The lowest BCUT2D eigenvalue weighted by atomic mass is 9.50. The van der Waals surface area contributed by atoms with Crippen molar-refractivity contribution in [2.24, 2.45) is 29.6 Å².